The van der Waals surface area contributed by atoms with E-state index < -0.39 is 5.54 Å². The Kier molecular flexibility index (Phi) is 4.61. The number of imide groups is 1. The van der Waals surface area contributed by atoms with Crippen LogP contribution >= 0.6 is 0 Å². The van der Waals surface area contributed by atoms with E-state index in [0.717, 1.165) is 25.5 Å². The third kappa shape index (κ3) is 2.79. The van der Waals surface area contributed by atoms with Gasteiger partial charge in [-0.05, 0) is 19.8 Å². The molecule has 1 aliphatic carbocycles. The minimum Gasteiger partial charge on any atom is -0.303 e. The fraction of sp³-hybridized carbons (Fsp3) is 0.812. The SMILES string of the molecule is CCCCCCCC1CC(=O)N(C2(C)CC2C=O)C1=O. The molecule has 1 saturated carbocycles. The summed E-state index contributed by atoms with van der Waals surface area (Å²) in [5, 5.41) is 0. The first kappa shape index (κ1) is 15.2. The summed E-state index contributed by atoms with van der Waals surface area (Å²) in [6.45, 7) is 4.03. The van der Waals surface area contributed by atoms with Crippen LogP contribution in [0.15, 0.2) is 0 Å². The molecule has 3 atom stereocenters. The van der Waals surface area contributed by atoms with Gasteiger partial charge in [-0.15, -0.1) is 0 Å². The number of carbonyl (C=O) groups excluding carboxylic acids is 3. The predicted octanol–water partition coefficient (Wildman–Crippen LogP) is 2.70. The van der Waals surface area contributed by atoms with Gasteiger partial charge in [-0.1, -0.05) is 39.0 Å². The Morgan fingerprint density at radius 3 is 2.55 bits per heavy atom. The highest BCUT2D eigenvalue weighted by Gasteiger charge is 2.60. The summed E-state index contributed by atoms with van der Waals surface area (Å²) < 4.78 is 0. The third-order valence-electron chi connectivity index (χ3n) is 4.84. The number of aldehydes is 1. The van der Waals surface area contributed by atoms with Crippen LogP contribution in [0.4, 0.5) is 0 Å². The fourth-order valence-corrected chi connectivity index (χ4v) is 3.29. The van der Waals surface area contributed by atoms with Crippen LogP contribution < -0.4 is 0 Å². The Hall–Kier alpha value is -1.19. The van der Waals surface area contributed by atoms with Gasteiger partial charge in [-0.3, -0.25) is 14.5 Å². The van der Waals surface area contributed by atoms with E-state index in [2.05, 4.69) is 6.92 Å². The van der Waals surface area contributed by atoms with Crippen molar-refractivity contribution in [1.29, 1.82) is 0 Å². The molecule has 0 spiro atoms. The number of hydrogen-bond acceptors (Lipinski definition) is 3. The number of nitrogens with zero attached hydrogens (tertiary/aromatic N) is 1. The first-order chi connectivity index (χ1) is 9.54. The molecule has 2 amide bonds. The highest BCUT2D eigenvalue weighted by Crippen LogP contribution is 2.49. The molecular weight excluding hydrogens is 254 g/mol. The molecule has 3 unspecified atom stereocenters. The molecule has 0 N–H and O–H groups in total. The van der Waals surface area contributed by atoms with E-state index in [-0.39, 0.29) is 23.7 Å². The van der Waals surface area contributed by atoms with Gasteiger partial charge in [0.05, 0.1) is 5.54 Å². The number of carbonyl (C=O) groups is 3. The van der Waals surface area contributed by atoms with Crippen LogP contribution in [0.5, 0.6) is 0 Å². The summed E-state index contributed by atoms with van der Waals surface area (Å²) >= 11 is 0. The molecule has 1 heterocycles. The summed E-state index contributed by atoms with van der Waals surface area (Å²) in [6, 6.07) is 0. The van der Waals surface area contributed by atoms with Gasteiger partial charge in [0, 0.05) is 18.3 Å². The maximum absolute atomic E-state index is 12.4. The van der Waals surface area contributed by atoms with Crippen LogP contribution in [0.1, 0.15) is 65.2 Å². The minimum atomic E-state index is -0.521. The van der Waals surface area contributed by atoms with Gasteiger partial charge in [-0.25, -0.2) is 0 Å². The van der Waals surface area contributed by atoms with Crippen molar-refractivity contribution in [2.75, 3.05) is 0 Å². The van der Waals surface area contributed by atoms with Gasteiger partial charge in [0.15, 0.2) is 0 Å². The lowest BCUT2D eigenvalue weighted by atomic mass is 9.99. The Morgan fingerprint density at radius 2 is 1.95 bits per heavy atom. The molecule has 2 rings (SSSR count). The lowest BCUT2D eigenvalue weighted by Crippen LogP contribution is -2.42. The number of amides is 2. The standard InChI is InChI=1S/C16H25NO3/c1-3-4-5-6-7-8-12-9-14(19)17(15(12)20)16(2)10-13(16)11-18/h11-13H,3-10H2,1-2H3. The number of rotatable bonds is 8. The normalized spacial score (nSPS) is 32.8. The maximum Gasteiger partial charge on any atom is 0.233 e. The molecular formula is C16H25NO3. The summed E-state index contributed by atoms with van der Waals surface area (Å²) in [6.07, 6.45) is 8.48. The molecule has 0 bridgehead atoms. The van der Waals surface area contributed by atoms with Crippen molar-refractivity contribution < 1.29 is 14.4 Å². The monoisotopic (exact) mass is 279 g/mol. The summed E-state index contributed by atoms with van der Waals surface area (Å²) in [7, 11) is 0. The first-order valence-corrected chi connectivity index (χ1v) is 7.86. The second-order valence-electron chi connectivity index (χ2n) is 6.48. The van der Waals surface area contributed by atoms with E-state index in [1.165, 1.54) is 24.2 Å². The van der Waals surface area contributed by atoms with Gasteiger partial charge in [0.1, 0.15) is 6.29 Å². The maximum atomic E-state index is 12.4. The van der Waals surface area contributed by atoms with Gasteiger partial charge in [0.25, 0.3) is 0 Å². The number of unbranched alkanes of at least 4 members (excludes halogenated alkanes) is 4. The Bertz CT molecular complexity index is 407. The van der Waals surface area contributed by atoms with Gasteiger partial charge in [-0.2, -0.15) is 0 Å². The third-order valence-corrected chi connectivity index (χ3v) is 4.84. The molecule has 0 radical (unpaired) electrons. The molecule has 2 aliphatic rings. The number of hydrogen-bond donors (Lipinski definition) is 0. The van der Waals surface area contributed by atoms with Crippen molar-refractivity contribution in [3.8, 4) is 0 Å². The van der Waals surface area contributed by atoms with Crippen LogP contribution in [0, 0.1) is 11.8 Å². The van der Waals surface area contributed by atoms with Crippen molar-refractivity contribution in [1.82, 2.24) is 4.90 Å². The van der Waals surface area contributed by atoms with E-state index in [4.69, 9.17) is 0 Å². The Balaban J connectivity index is 1.85. The van der Waals surface area contributed by atoms with Crippen LogP contribution in [-0.2, 0) is 14.4 Å². The molecule has 1 saturated heterocycles. The van der Waals surface area contributed by atoms with Gasteiger partial charge in [0.2, 0.25) is 11.8 Å². The van der Waals surface area contributed by atoms with E-state index in [1.807, 2.05) is 6.92 Å². The molecule has 2 fully saturated rings. The van der Waals surface area contributed by atoms with Gasteiger partial charge >= 0.3 is 0 Å². The summed E-state index contributed by atoms with van der Waals surface area (Å²) in [5.74, 6) is -0.426. The second-order valence-corrected chi connectivity index (χ2v) is 6.48. The van der Waals surface area contributed by atoms with Crippen LogP contribution in [-0.4, -0.2) is 28.5 Å². The van der Waals surface area contributed by atoms with E-state index in [9.17, 15) is 14.4 Å². The molecule has 20 heavy (non-hydrogen) atoms. The van der Waals surface area contributed by atoms with E-state index >= 15 is 0 Å². The van der Waals surface area contributed by atoms with E-state index in [0.29, 0.717) is 12.8 Å². The smallest absolute Gasteiger partial charge is 0.233 e. The van der Waals surface area contributed by atoms with Gasteiger partial charge < -0.3 is 4.79 Å². The molecule has 4 heteroatoms. The lowest BCUT2D eigenvalue weighted by Gasteiger charge is -2.23. The Morgan fingerprint density at radius 1 is 1.25 bits per heavy atom. The van der Waals surface area contributed by atoms with Crippen molar-refractivity contribution in [2.45, 2.75) is 70.8 Å². The highest BCUT2D eigenvalue weighted by molar-refractivity contribution is 6.05. The first-order valence-electron chi connectivity index (χ1n) is 7.86. The van der Waals surface area contributed by atoms with Crippen molar-refractivity contribution in [3.05, 3.63) is 0 Å². The molecule has 0 aromatic rings. The fourth-order valence-electron chi connectivity index (χ4n) is 3.29. The van der Waals surface area contributed by atoms with Crippen LogP contribution in [0.3, 0.4) is 0 Å². The Labute approximate surface area is 120 Å². The molecule has 4 nitrogen and oxygen atoms in total. The zero-order valence-corrected chi connectivity index (χ0v) is 12.6. The predicted molar refractivity (Wildman–Crippen MR) is 75.9 cm³/mol. The average Bonchev–Trinajstić information content (AvgIpc) is 2.99. The number of likely N-dealkylation sites (tertiary alicyclic amines) is 1. The largest absolute Gasteiger partial charge is 0.303 e. The van der Waals surface area contributed by atoms with Crippen molar-refractivity contribution >= 4 is 18.1 Å². The molecule has 112 valence electrons. The quantitative estimate of drug-likeness (QED) is 0.390. The van der Waals surface area contributed by atoms with Crippen molar-refractivity contribution in [3.63, 3.8) is 0 Å². The van der Waals surface area contributed by atoms with Crippen LogP contribution in [0.2, 0.25) is 0 Å². The molecule has 0 aromatic heterocycles. The highest BCUT2D eigenvalue weighted by atomic mass is 16.2. The molecule has 0 aromatic carbocycles. The topological polar surface area (TPSA) is 54.5 Å². The van der Waals surface area contributed by atoms with E-state index in [1.54, 1.807) is 0 Å². The summed E-state index contributed by atoms with van der Waals surface area (Å²) in [4.78, 5) is 36.7. The lowest BCUT2D eigenvalue weighted by molar-refractivity contribution is -0.143. The second kappa shape index (κ2) is 6.06. The minimum absolute atomic E-state index is 0.0441. The van der Waals surface area contributed by atoms with Crippen LogP contribution in [0.25, 0.3) is 0 Å². The molecule has 1 aliphatic heterocycles. The zero-order valence-electron chi connectivity index (χ0n) is 12.6. The summed E-state index contributed by atoms with van der Waals surface area (Å²) in [5.41, 5.74) is -0.521. The average molecular weight is 279 g/mol. The zero-order chi connectivity index (χ0) is 14.8. The van der Waals surface area contributed by atoms with Crippen molar-refractivity contribution in [2.24, 2.45) is 11.8 Å².